The third-order valence-corrected chi connectivity index (χ3v) is 5.67. The van der Waals surface area contributed by atoms with Gasteiger partial charge in [0, 0.05) is 38.4 Å². The van der Waals surface area contributed by atoms with Crippen molar-refractivity contribution in [1.82, 2.24) is 14.8 Å². The molecule has 5 nitrogen and oxygen atoms in total. The maximum absolute atomic E-state index is 12.9. The minimum Gasteiger partial charge on any atom is -0.494 e. The predicted molar refractivity (Wildman–Crippen MR) is 105 cm³/mol. The molecule has 148 valence electrons. The van der Waals surface area contributed by atoms with Gasteiger partial charge in [-0.25, -0.2) is 4.39 Å². The molecular weight excluding hydrogens is 357 g/mol. The van der Waals surface area contributed by atoms with Crippen LogP contribution >= 0.6 is 0 Å². The minimum atomic E-state index is -0.252. The molecule has 0 unspecified atom stereocenters. The van der Waals surface area contributed by atoms with E-state index in [1.54, 1.807) is 24.4 Å². The summed E-state index contributed by atoms with van der Waals surface area (Å²) in [5.41, 5.74) is 0.531. The number of nitrogens with zero attached hydrogens (tertiary/aromatic N) is 3. The maximum atomic E-state index is 12.9. The number of hydrogen-bond acceptors (Lipinski definition) is 4. The molecule has 0 N–H and O–H groups in total. The smallest absolute Gasteiger partial charge is 0.272 e. The van der Waals surface area contributed by atoms with Crippen molar-refractivity contribution in [2.45, 2.75) is 25.3 Å². The van der Waals surface area contributed by atoms with Crippen LogP contribution in [-0.4, -0.2) is 59.5 Å². The second kappa shape index (κ2) is 8.69. The highest BCUT2D eigenvalue weighted by atomic mass is 19.1. The topological polar surface area (TPSA) is 45.7 Å². The lowest BCUT2D eigenvalue weighted by molar-refractivity contribution is 0.0730. The molecule has 5 rings (SSSR count). The van der Waals surface area contributed by atoms with Gasteiger partial charge in [0.15, 0.2) is 0 Å². The van der Waals surface area contributed by atoms with E-state index in [0.717, 1.165) is 39.0 Å². The van der Waals surface area contributed by atoms with Crippen LogP contribution in [0.1, 0.15) is 29.8 Å². The Kier molecular flexibility index (Phi) is 5.86. The summed E-state index contributed by atoms with van der Waals surface area (Å²) in [7, 11) is 0. The zero-order valence-electron chi connectivity index (χ0n) is 16.0. The molecule has 2 aromatic rings. The van der Waals surface area contributed by atoms with E-state index in [9.17, 15) is 9.18 Å². The normalized spacial score (nSPS) is 22.1. The summed E-state index contributed by atoms with van der Waals surface area (Å²) in [5.74, 6) is 1.01. The Labute approximate surface area is 165 Å². The molecule has 4 heterocycles. The Morgan fingerprint density at radius 3 is 2.75 bits per heavy atom. The highest BCUT2D eigenvalue weighted by Gasteiger charge is 2.36. The summed E-state index contributed by atoms with van der Waals surface area (Å²) in [6, 6.07) is 12.0. The number of carbonyl (C=O) groups is 1. The van der Waals surface area contributed by atoms with Crippen molar-refractivity contribution >= 4 is 5.91 Å². The third kappa shape index (κ3) is 4.50. The van der Waals surface area contributed by atoms with Gasteiger partial charge in [0.1, 0.15) is 17.3 Å². The molecule has 0 spiro atoms. The number of aromatic nitrogens is 1. The molecule has 1 amide bonds. The van der Waals surface area contributed by atoms with Gasteiger partial charge in [-0.1, -0.05) is 6.07 Å². The minimum absolute atomic E-state index is 0.0407. The summed E-state index contributed by atoms with van der Waals surface area (Å²) in [6.07, 6.45) is 4.90. The fraction of sp³-hybridized carbons (Fsp3) is 0.455. The average Bonchev–Trinajstić information content (AvgIpc) is 3.04. The van der Waals surface area contributed by atoms with Crippen molar-refractivity contribution in [2.75, 3.05) is 32.8 Å². The number of benzene rings is 1. The first-order valence-corrected chi connectivity index (χ1v) is 10.0. The number of hydrogen-bond donors (Lipinski definition) is 0. The van der Waals surface area contributed by atoms with Crippen molar-refractivity contribution in [3.8, 4) is 5.75 Å². The maximum Gasteiger partial charge on any atom is 0.272 e. The van der Waals surface area contributed by atoms with Gasteiger partial charge in [-0.15, -0.1) is 0 Å². The molecule has 6 heteroatoms. The van der Waals surface area contributed by atoms with E-state index < -0.39 is 0 Å². The van der Waals surface area contributed by atoms with E-state index in [2.05, 4.69) is 9.88 Å². The molecule has 1 aromatic carbocycles. The highest BCUT2D eigenvalue weighted by molar-refractivity contribution is 5.92. The first-order valence-electron chi connectivity index (χ1n) is 10.0. The lowest BCUT2D eigenvalue weighted by Gasteiger charge is -2.35. The van der Waals surface area contributed by atoms with Gasteiger partial charge in [-0.3, -0.25) is 14.7 Å². The fourth-order valence-corrected chi connectivity index (χ4v) is 4.26. The first-order chi connectivity index (χ1) is 13.7. The summed E-state index contributed by atoms with van der Waals surface area (Å²) >= 11 is 0. The zero-order chi connectivity index (χ0) is 19.3. The summed E-state index contributed by atoms with van der Waals surface area (Å²) in [6.45, 7) is 4.18. The molecule has 0 aliphatic carbocycles. The number of halogens is 1. The van der Waals surface area contributed by atoms with E-state index >= 15 is 0 Å². The molecule has 3 fully saturated rings. The van der Waals surface area contributed by atoms with E-state index in [4.69, 9.17) is 4.74 Å². The number of fused-ring (bicyclic) bond motifs is 4. The second-order valence-electron chi connectivity index (χ2n) is 7.67. The number of pyridine rings is 1. The molecule has 28 heavy (non-hydrogen) atoms. The summed E-state index contributed by atoms with van der Waals surface area (Å²) < 4.78 is 18.7. The largest absolute Gasteiger partial charge is 0.494 e. The molecule has 0 radical (unpaired) electrons. The SMILES string of the molecule is O=C(c1ccccn1)N1C[C@H]2CC[C@@H](C1)N(CCCOc1ccc(F)cc1)C2. The van der Waals surface area contributed by atoms with E-state index in [0.29, 0.717) is 30.0 Å². The van der Waals surface area contributed by atoms with Gasteiger partial charge in [-0.05, 0) is 61.6 Å². The lowest BCUT2D eigenvalue weighted by Crippen LogP contribution is -2.45. The first kappa shape index (κ1) is 18.9. The Bertz CT molecular complexity index is 784. The Hall–Kier alpha value is -2.47. The molecule has 3 aliphatic rings. The fourth-order valence-electron chi connectivity index (χ4n) is 4.26. The van der Waals surface area contributed by atoms with Gasteiger partial charge in [0.05, 0.1) is 6.61 Å². The second-order valence-corrected chi connectivity index (χ2v) is 7.67. The van der Waals surface area contributed by atoms with Crippen LogP contribution in [0.15, 0.2) is 48.7 Å². The standard InChI is InChI=1S/C22H26FN3O2/c23-18-6-9-20(10-7-18)28-13-3-12-25-14-17-5-8-19(25)16-26(15-17)22(27)21-4-1-2-11-24-21/h1-2,4,6-7,9-11,17,19H,3,5,8,12-16H2/t17-,19-/m0/s1. The van der Waals surface area contributed by atoms with Crippen LogP contribution in [0.3, 0.4) is 0 Å². The van der Waals surface area contributed by atoms with Crippen LogP contribution in [-0.2, 0) is 0 Å². The molecule has 3 aliphatic heterocycles. The van der Waals surface area contributed by atoms with E-state index in [1.165, 1.54) is 18.6 Å². The van der Waals surface area contributed by atoms with Crippen LogP contribution in [0.2, 0.25) is 0 Å². The lowest BCUT2D eigenvalue weighted by atomic mass is 9.95. The molecule has 2 bridgehead atoms. The van der Waals surface area contributed by atoms with Gasteiger partial charge in [0.25, 0.3) is 5.91 Å². The van der Waals surface area contributed by atoms with Crippen molar-refractivity contribution in [3.05, 3.63) is 60.2 Å². The monoisotopic (exact) mass is 383 g/mol. The van der Waals surface area contributed by atoms with E-state index in [-0.39, 0.29) is 11.7 Å². The number of ether oxygens (including phenoxy) is 1. The van der Waals surface area contributed by atoms with Crippen LogP contribution in [0.5, 0.6) is 5.75 Å². The quantitative estimate of drug-likeness (QED) is 0.719. The van der Waals surface area contributed by atoms with Gasteiger partial charge < -0.3 is 9.64 Å². The van der Waals surface area contributed by atoms with Crippen molar-refractivity contribution < 1.29 is 13.9 Å². The average molecular weight is 383 g/mol. The number of amides is 1. The molecule has 1 aromatic heterocycles. The van der Waals surface area contributed by atoms with Gasteiger partial charge >= 0.3 is 0 Å². The molecule has 0 saturated carbocycles. The number of rotatable bonds is 6. The molecule has 3 saturated heterocycles. The van der Waals surface area contributed by atoms with Crippen LogP contribution in [0, 0.1) is 11.7 Å². The van der Waals surface area contributed by atoms with Crippen molar-refractivity contribution in [3.63, 3.8) is 0 Å². The van der Waals surface area contributed by atoms with Crippen LogP contribution in [0.4, 0.5) is 4.39 Å². The number of carbonyl (C=O) groups excluding carboxylic acids is 1. The third-order valence-electron chi connectivity index (χ3n) is 5.67. The molecule has 2 atom stereocenters. The van der Waals surface area contributed by atoms with Crippen molar-refractivity contribution in [2.24, 2.45) is 5.92 Å². The summed E-state index contributed by atoms with van der Waals surface area (Å²) in [4.78, 5) is 21.5. The van der Waals surface area contributed by atoms with E-state index in [1.807, 2.05) is 17.0 Å². The molecular formula is C22H26FN3O2. The van der Waals surface area contributed by atoms with Crippen LogP contribution in [0.25, 0.3) is 0 Å². The van der Waals surface area contributed by atoms with Gasteiger partial charge in [0.2, 0.25) is 0 Å². The Morgan fingerprint density at radius 2 is 1.96 bits per heavy atom. The van der Waals surface area contributed by atoms with Crippen LogP contribution < -0.4 is 4.74 Å². The highest BCUT2D eigenvalue weighted by Crippen LogP contribution is 2.28. The Morgan fingerprint density at radius 1 is 1.11 bits per heavy atom. The zero-order valence-corrected chi connectivity index (χ0v) is 16.0. The number of piperidine rings is 1. The van der Waals surface area contributed by atoms with Gasteiger partial charge in [-0.2, -0.15) is 0 Å². The van der Waals surface area contributed by atoms with Crippen molar-refractivity contribution in [1.29, 1.82) is 0 Å². The predicted octanol–water partition coefficient (Wildman–Crippen LogP) is 3.23. The Balaban J connectivity index is 1.29. The summed E-state index contributed by atoms with van der Waals surface area (Å²) in [5, 5.41) is 0.